The number of anilines is 1. The number of rotatable bonds is 5. The van der Waals surface area contributed by atoms with Gasteiger partial charge in [-0.2, -0.15) is 0 Å². The van der Waals surface area contributed by atoms with Gasteiger partial charge in [-0.1, -0.05) is 29.8 Å². The average Bonchev–Trinajstić information content (AvgIpc) is 2.60. The second kappa shape index (κ2) is 7.97. The van der Waals surface area contributed by atoms with Crippen molar-refractivity contribution >= 4 is 17.4 Å². The van der Waals surface area contributed by atoms with Gasteiger partial charge < -0.3 is 15.0 Å². The Bertz CT molecular complexity index is 662. The lowest BCUT2D eigenvalue weighted by atomic mass is 10.1. The predicted octanol–water partition coefficient (Wildman–Crippen LogP) is 3.81. The van der Waals surface area contributed by atoms with Crippen LogP contribution < -0.4 is 10.2 Å². The van der Waals surface area contributed by atoms with Gasteiger partial charge in [-0.15, -0.1) is 0 Å². The molecular formula is C19H24ClN3O. The minimum atomic E-state index is 0.239. The molecule has 0 aliphatic carbocycles. The van der Waals surface area contributed by atoms with Crippen molar-refractivity contribution in [2.75, 3.05) is 24.6 Å². The molecule has 0 saturated carbocycles. The molecule has 2 atom stereocenters. The van der Waals surface area contributed by atoms with Crippen molar-refractivity contribution in [3.8, 4) is 0 Å². The molecule has 2 aromatic rings. The summed E-state index contributed by atoms with van der Waals surface area (Å²) in [6.45, 7) is 7.59. The Morgan fingerprint density at radius 3 is 2.96 bits per heavy atom. The van der Waals surface area contributed by atoms with E-state index in [-0.39, 0.29) is 12.1 Å². The highest BCUT2D eigenvalue weighted by Gasteiger charge is 2.17. The lowest BCUT2D eigenvalue weighted by Crippen LogP contribution is -2.41. The zero-order valence-corrected chi connectivity index (χ0v) is 15.0. The third-order valence-electron chi connectivity index (χ3n) is 4.34. The summed E-state index contributed by atoms with van der Waals surface area (Å²) >= 11 is 6.06. The highest BCUT2D eigenvalue weighted by Crippen LogP contribution is 2.19. The molecule has 128 valence electrons. The van der Waals surface area contributed by atoms with E-state index in [1.165, 1.54) is 11.1 Å². The van der Waals surface area contributed by atoms with Gasteiger partial charge in [0.1, 0.15) is 5.82 Å². The van der Waals surface area contributed by atoms with Crippen molar-refractivity contribution in [1.29, 1.82) is 0 Å². The molecule has 2 unspecified atom stereocenters. The van der Waals surface area contributed by atoms with E-state index in [1.54, 1.807) is 0 Å². The van der Waals surface area contributed by atoms with Crippen LogP contribution >= 0.6 is 11.6 Å². The SMILES string of the molecule is CC1CN(c2ccc(CNC(C)c3cccc(Cl)c3)cn2)CCO1. The van der Waals surface area contributed by atoms with E-state index in [1.807, 2.05) is 24.4 Å². The summed E-state index contributed by atoms with van der Waals surface area (Å²) in [7, 11) is 0. The van der Waals surface area contributed by atoms with Crippen LogP contribution in [-0.4, -0.2) is 30.8 Å². The van der Waals surface area contributed by atoms with Gasteiger partial charge in [0.05, 0.1) is 12.7 Å². The molecule has 1 fully saturated rings. The van der Waals surface area contributed by atoms with Gasteiger partial charge in [0.2, 0.25) is 0 Å². The van der Waals surface area contributed by atoms with Crippen LogP contribution in [0.5, 0.6) is 0 Å². The number of halogens is 1. The lowest BCUT2D eigenvalue weighted by molar-refractivity contribution is 0.0529. The zero-order valence-electron chi connectivity index (χ0n) is 14.2. The fourth-order valence-corrected chi connectivity index (χ4v) is 3.10. The fraction of sp³-hybridized carbons (Fsp3) is 0.421. The van der Waals surface area contributed by atoms with E-state index in [0.29, 0.717) is 0 Å². The summed E-state index contributed by atoms with van der Waals surface area (Å²) in [6.07, 6.45) is 2.22. The maximum atomic E-state index is 6.06. The molecule has 2 heterocycles. The molecule has 1 aliphatic rings. The predicted molar refractivity (Wildman–Crippen MR) is 98.6 cm³/mol. The van der Waals surface area contributed by atoms with Crippen LogP contribution in [0.3, 0.4) is 0 Å². The van der Waals surface area contributed by atoms with Gasteiger partial charge in [0.15, 0.2) is 0 Å². The summed E-state index contributed by atoms with van der Waals surface area (Å²) in [4.78, 5) is 6.89. The van der Waals surface area contributed by atoms with Gasteiger partial charge in [-0.05, 0) is 43.2 Å². The van der Waals surface area contributed by atoms with E-state index in [0.717, 1.165) is 37.1 Å². The maximum Gasteiger partial charge on any atom is 0.128 e. The molecule has 1 N–H and O–H groups in total. The average molecular weight is 346 g/mol. The number of aromatic nitrogens is 1. The van der Waals surface area contributed by atoms with Crippen LogP contribution in [0.15, 0.2) is 42.6 Å². The van der Waals surface area contributed by atoms with Gasteiger partial charge in [0, 0.05) is 36.9 Å². The zero-order chi connectivity index (χ0) is 16.9. The van der Waals surface area contributed by atoms with E-state index < -0.39 is 0 Å². The second-order valence-electron chi connectivity index (χ2n) is 6.31. The second-order valence-corrected chi connectivity index (χ2v) is 6.75. The smallest absolute Gasteiger partial charge is 0.128 e. The Kier molecular flexibility index (Phi) is 5.72. The first-order chi connectivity index (χ1) is 11.6. The summed E-state index contributed by atoms with van der Waals surface area (Å²) in [5.41, 5.74) is 2.36. The Morgan fingerprint density at radius 2 is 2.25 bits per heavy atom. The van der Waals surface area contributed by atoms with Crippen molar-refractivity contribution < 1.29 is 4.74 Å². The lowest BCUT2D eigenvalue weighted by Gasteiger charge is -2.32. The van der Waals surface area contributed by atoms with E-state index in [4.69, 9.17) is 16.3 Å². The number of benzene rings is 1. The standard InChI is InChI=1S/C19H24ClN3O/c1-14-13-23(8-9-24-14)19-7-6-16(12-22-19)11-21-15(2)17-4-3-5-18(20)10-17/h3-7,10,12,14-15,21H,8-9,11,13H2,1-2H3. The number of nitrogens with zero attached hydrogens (tertiary/aromatic N) is 2. The first-order valence-electron chi connectivity index (χ1n) is 8.42. The third kappa shape index (κ3) is 4.47. The number of morpholine rings is 1. The molecule has 4 nitrogen and oxygen atoms in total. The van der Waals surface area contributed by atoms with Gasteiger partial charge >= 0.3 is 0 Å². The molecule has 0 radical (unpaired) electrons. The number of hydrogen-bond donors (Lipinski definition) is 1. The Balaban J connectivity index is 1.56. The molecule has 1 aliphatic heterocycles. The summed E-state index contributed by atoms with van der Waals surface area (Å²) in [5.74, 6) is 1.02. The largest absolute Gasteiger partial charge is 0.375 e. The van der Waals surface area contributed by atoms with Crippen LogP contribution in [0.4, 0.5) is 5.82 Å². The molecule has 24 heavy (non-hydrogen) atoms. The number of hydrogen-bond acceptors (Lipinski definition) is 4. The van der Waals surface area contributed by atoms with Crippen molar-refractivity contribution in [2.24, 2.45) is 0 Å². The van der Waals surface area contributed by atoms with Crippen LogP contribution in [0.1, 0.15) is 31.0 Å². The Labute approximate surface area is 148 Å². The van der Waals surface area contributed by atoms with Crippen molar-refractivity contribution in [3.05, 3.63) is 58.7 Å². The highest BCUT2D eigenvalue weighted by molar-refractivity contribution is 6.30. The van der Waals surface area contributed by atoms with Gasteiger partial charge in [-0.25, -0.2) is 4.98 Å². The van der Waals surface area contributed by atoms with Crippen molar-refractivity contribution in [2.45, 2.75) is 32.5 Å². The Morgan fingerprint density at radius 1 is 1.38 bits per heavy atom. The summed E-state index contributed by atoms with van der Waals surface area (Å²) in [5, 5.41) is 4.29. The topological polar surface area (TPSA) is 37.4 Å². The fourth-order valence-electron chi connectivity index (χ4n) is 2.90. The van der Waals surface area contributed by atoms with Crippen LogP contribution in [0, 0.1) is 0 Å². The number of nitrogens with one attached hydrogen (secondary N) is 1. The molecule has 0 bridgehead atoms. The van der Waals surface area contributed by atoms with E-state index in [9.17, 15) is 0 Å². The van der Waals surface area contributed by atoms with Gasteiger partial charge in [-0.3, -0.25) is 0 Å². The summed E-state index contributed by atoms with van der Waals surface area (Å²) in [6, 6.07) is 12.4. The number of ether oxygens (including phenoxy) is 1. The van der Waals surface area contributed by atoms with Crippen molar-refractivity contribution in [3.63, 3.8) is 0 Å². The molecule has 5 heteroatoms. The normalized spacial score (nSPS) is 19.3. The molecule has 0 spiro atoms. The molecule has 1 aromatic carbocycles. The van der Waals surface area contributed by atoms with E-state index in [2.05, 4.69) is 47.2 Å². The minimum Gasteiger partial charge on any atom is -0.375 e. The molecule has 1 aromatic heterocycles. The first-order valence-corrected chi connectivity index (χ1v) is 8.80. The maximum absolute atomic E-state index is 6.06. The summed E-state index contributed by atoms with van der Waals surface area (Å²) < 4.78 is 5.58. The quantitative estimate of drug-likeness (QED) is 0.894. The third-order valence-corrected chi connectivity index (χ3v) is 4.57. The van der Waals surface area contributed by atoms with Crippen LogP contribution in [0.2, 0.25) is 5.02 Å². The molecule has 0 amide bonds. The monoisotopic (exact) mass is 345 g/mol. The van der Waals surface area contributed by atoms with Crippen LogP contribution in [0.25, 0.3) is 0 Å². The van der Waals surface area contributed by atoms with Crippen molar-refractivity contribution in [1.82, 2.24) is 10.3 Å². The number of pyridine rings is 1. The molecular weight excluding hydrogens is 322 g/mol. The highest BCUT2D eigenvalue weighted by atomic mass is 35.5. The van der Waals surface area contributed by atoms with E-state index >= 15 is 0 Å². The Hall–Kier alpha value is -1.62. The first kappa shape index (κ1) is 17.2. The minimum absolute atomic E-state index is 0.239. The van der Waals surface area contributed by atoms with Crippen LogP contribution in [-0.2, 0) is 11.3 Å². The molecule has 1 saturated heterocycles. The van der Waals surface area contributed by atoms with Gasteiger partial charge in [0.25, 0.3) is 0 Å². The molecule has 3 rings (SSSR count).